The van der Waals surface area contributed by atoms with Gasteiger partial charge in [-0.1, -0.05) is 25.1 Å². The summed E-state index contributed by atoms with van der Waals surface area (Å²) >= 11 is 6.87. The molecule has 29 heavy (non-hydrogen) atoms. The first-order valence-corrected chi connectivity index (χ1v) is 10.2. The Bertz CT molecular complexity index is 1010. The molecule has 6 nitrogen and oxygen atoms in total. The number of thiophene rings is 1. The molecule has 8 heteroatoms. The number of hydrogen-bond acceptors (Lipinski definition) is 6. The lowest BCUT2D eigenvalue weighted by Gasteiger charge is -2.10. The summed E-state index contributed by atoms with van der Waals surface area (Å²) in [4.78, 5) is 13.0. The van der Waals surface area contributed by atoms with E-state index in [-0.39, 0.29) is 5.97 Å². The molecule has 0 radical (unpaired) electrons. The van der Waals surface area contributed by atoms with Gasteiger partial charge in [-0.25, -0.2) is 4.79 Å². The molecule has 0 bridgehead atoms. The minimum absolute atomic E-state index is 0.387. The summed E-state index contributed by atoms with van der Waals surface area (Å²) < 4.78 is 4.85. The first-order valence-electron chi connectivity index (χ1n) is 8.95. The summed E-state index contributed by atoms with van der Waals surface area (Å²) in [6.07, 6.45) is 0.829. The van der Waals surface area contributed by atoms with Gasteiger partial charge in [-0.15, -0.1) is 11.3 Å². The van der Waals surface area contributed by atoms with Gasteiger partial charge in [0.05, 0.1) is 24.0 Å². The molecule has 0 spiro atoms. The van der Waals surface area contributed by atoms with Crippen LogP contribution in [-0.2, 0) is 11.2 Å². The minimum atomic E-state index is -0.389. The lowest BCUT2D eigenvalue weighted by atomic mass is 10.2. The maximum absolute atomic E-state index is 12.0. The third kappa shape index (κ3) is 5.69. The van der Waals surface area contributed by atoms with E-state index in [9.17, 15) is 4.79 Å². The molecule has 148 valence electrons. The van der Waals surface area contributed by atoms with Crippen LogP contribution in [0.1, 0.15) is 22.2 Å². The number of nitrogens with one attached hydrogen (secondary N) is 2. The van der Waals surface area contributed by atoms with E-state index in [1.54, 1.807) is 0 Å². The first-order chi connectivity index (χ1) is 14.1. The van der Waals surface area contributed by atoms with Crippen molar-refractivity contribution in [3.05, 3.63) is 71.1 Å². The van der Waals surface area contributed by atoms with Crippen molar-refractivity contribution in [3.63, 3.8) is 0 Å². The van der Waals surface area contributed by atoms with Gasteiger partial charge in [-0.2, -0.15) is 10.2 Å². The Morgan fingerprint density at radius 3 is 2.31 bits per heavy atom. The molecule has 0 aliphatic heterocycles. The lowest BCUT2D eigenvalue weighted by molar-refractivity contribution is 0.0602. The molecular formula is C21H20N4O2S2. The van der Waals surface area contributed by atoms with Crippen LogP contribution in [-0.4, -0.2) is 18.2 Å². The Morgan fingerprint density at radius 1 is 1.03 bits per heavy atom. The average molecular weight is 425 g/mol. The van der Waals surface area contributed by atoms with Crippen molar-refractivity contribution in [3.8, 4) is 0 Å². The minimum Gasteiger partial charge on any atom is -0.465 e. The number of thiocarbonyl (C=S) groups is 1. The topological polar surface area (TPSA) is 75.1 Å². The molecule has 0 atom stereocenters. The van der Waals surface area contributed by atoms with Gasteiger partial charge < -0.3 is 15.4 Å². The van der Waals surface area contributed by atoms with E-state index in [2.05, 4.69) is 20.9 Å². The quantitative estimate of drug-likeness (QED) is 0.275. The van der Waals surface area contributed by atoms with Crippen molar-refractivity contribution in [2.45, 2.75) is 13.3 Å². The van der Waals surface area contributed by atoms with E-state index in [4.69, 9.17) is 17.0 Å². The van der Waals surface area contributed by atoms with Crippen molar-refractivity contribution in [2.24, 2.45) is 10.2 Å². The zero-order valence-corrected chi connectivity index (χ0v) is 17.6. The lowest BCUT2D eigenvalue weighted by Crippen LogP contribution is -2.19. The van der Waals surface area contributed by atoms with Crippen molar-refractivity contribution in [2.75, 3.05) is 17.7 Å². The summed E-state index contributed by atoms with van der Waals surface area (Å²) in [5, 5.41) is 15.7. The van der Waals surface area contributed by atoms with Gasteiger partial charge in [-0.3, -0.25) is 0 Å². The van der Waals surface area contributed by atoms with Crippen molar-refractivity contribution >= 4 is 56.7 Å². The third-order valence-electron chi connectivity index (χ3n) is 3.93. The fourth-order valence-corrected chi connectivity index (χ4v) is 3.73. The van der Waals surface area contributed by atoms with Gasteiger partial charge in [-0.05, 0) is 61.1 Å². The van der Waals surface area contributed by atoms with Crippen LogP contribution < -0.4 is 10.6 Å². The number of methoxy groups -OCH3 is 1. The molecule has 0 saturated heterocycles. The largest absolute Gasteiger partial charge is 0.465 e. The van der Waals surface area contributed by atoms with Crippen LogP contribution in [0.15, 0.2) is 70.9 Å². The SMILES string of the molecule is CCc1cc(C(=O)OC)c(NC(=S)Nc2ccc(N=Nc3ccccc3)cc2)s1. The van der Waals surface area contributed by atoms with Crippen LogP contribution >= 0.6 is 23.6 Å². The molecule has 0 saturated carbocycles. The number of nitrogens with zero attached hydrogens (tertiary/aromatic N) is 2. The van der Waals surface area contributed by atoms with Gasteiger partial charge in [0.25, 0.3) is 0 Å². The number of benzene rings is 2. The smallest absolute Gasteiger partial charge is 0.340 e. The Hall–Kier alpha value is -3.10. The second-order valence-corrected chi connectivity index (χ2v) is 7.51. The number of anilines is 2. The van der Waals surface area contributed by atoms with E-state index in [0.29, 0.717) is 15.7 Å². The Balaban J connectivity index is 1.63. The van der Waals surface area contributed by atoms with Crippen LogP contribution in [0.4, 0.5) is 22.1 Å². The van der Waals surface area contributed by atoms with Crippen molar-refractivity contribution in [1.82, 2.24) is 0 Å². The molecule has 0 fully saturated rings. The highest BCUT2D eigenvalue weighted by Crippen LogP contribution is 2.29. The summed E-state index contributed by atoms with van der Waals surface area (Å²) in [5.41, 5.74) is 2.81. The number of hydrogen-bond donors (Lipinski definition) is 2. The molecule has 2 N–H and O–H groups in total. The van der Waals surface area contributed by atoms with Gasteiger partial charge in [0.15, 0.2) is 5.11 Å². The van der Waals surface area contributed by atoms with E-state index in [0.717, 1.165) is 28.4 Å². The molecule has 3 rings (SSSR count). The van der Waals surface area contributed by atoms with E-state index in [1.165, 1.54) is 18.4 Å². The fraction of sp³-hybridized carbons (Fsp3) is 0.143. The number of ether oxygens (including phenoxy) is 1. The number of carbonyl (C=O) groups is 1. The molecule has 0 amide bonds. The molecule has 2 aromatic carbocycles. The third-order valence-corrected chi connectivity index (χ3v) is 5.33. The first kappa shape index (κ1) is 20.6. The van der Waals surface area contributed by atoms with Gasteiger partial charge in [0, 0.05) is 10.6 Å². The second-order valence-electron chi connectivity index (χ2n) is 5.96. The highest BCUT2D eigenvalue weighted by atomic mass is 32.1. The Morgan fingerprint density at radius 2 is 1.69 bits per heavy atom. The normalized spacial score (nSPS) is 10.7. The van der Waals surface area contributed by atoms with Crippen molar-refractivity contribution < 1.29 is 9.53 Å². The molecule has 1 aromatic heterocycles. The standard InChI is InChI=1S/C21H20N4O2S2/c1-3-17-13-18(20(26)27-2)19(29-17)23-21(28)22-14-9-11-16(12-10-14)25-24-15-7-5-4-6-8-15/h4-13H,3H2,1-2H3,(H2,22,23,28). The molecule has 1 heterocycles. The molecule has 3 aromatic rings. The van der Waals surface area contributed by atoms with Crippen LogP contribution in [0.2, 0.25) is 0 Å². The van der Waals surface area contributed by atoms with Crippen molar-refractivity contribution in [1.29, 1.82) is 0 Å². The number of carbonyl (C=O) groups excluding carboxylic acids is 1. The zero-order chi connectivity index (χ0) is 20.6. The number of rotatable bonds is 6. The number of esters is 1. The molecule has 0 unspecified atom stereocenters. The van der Waals surface area contributed by atoms with Crippen LogP contribution in [0.25, 0.3) is 0 Å². The van der Waals surface area contributed by atoms with Gasteiger partial charge >= 0.3 is 5.97 Å². The summed E-state index contributed by atoms with van der Waals surface area (Å²) in [5.74, 6) is -0.389. The Kier molecular flexibility index (Phi) is 7.04. The van der Waals surface area contributed by atoms with Gasteiger partial charge in [0.2, 0.25) is 0 Å². The van der Waals surface area contributed by atoms with Gasteiger partial charge in [0.1, 0.15) is 5.00 Å². The predicted molar refractivity (Wildman–Crippen MR) is 122 cm³/mol. The monoisotopic (exact) mass is 424 g/mol. The summed E-state index contributed by atoms with van der Waals surface area (Å²) in [6.45, 7) is 2.03. The number of aryl methyl sites for hydroxylation is 1. The number of azo groups is 1. The molecule has 0 aliphatic carbocycles. The predicted octanol–water partition coefficient (Wildman–Crippen LogP) is 6.32. The summed E-state index contributed by atoms with van der Waals surface area (Å²) in [6, 6.07) is 18.8. The Labute approximate surface area is 178 Å². The van der Waals surface area contributed by atoms with E-state index >= 15 is 0 Å². The molecular weight excluding hydrogens is 404 g/mol. The van der Waals surface area contributed by atoms with Crippen LogP contribution in [0.3, 0.4) is 0 Å². The molecule has 0 aliphatic rings. The second kappa shape index (κ2) is 9.90. The maximum atomic E-state index is 12.0. The highest BCUT2D eigenvalue weighted by Gasteiger charge is 2.17. The van der Waals surface area contributed by atoms with E-state index in [1.807, 2.05) is 67.6 Å². The van der Waals surface area contributed by atoms with Crippen LogP contribution in [0, 0.1) is 0 Å². The highest BCUT2D eigenvalue weighted by molar-refractivity contribution is 7.80. The maximum Gasteiger partial charge on any atom is 0.340 e. The summed E-state index contributed by atoms with van der Waals surface area (Å²) in [7, 11) is 1.36. The zero-order valence-electron chi connectivity index (χ0n) is 16.0. The average Bonchev–Trinajstić information content (AvgIpc) is 3.16. The van der Waals surface area contributed by atoms with E-state index < -0.39 is 0 Å². The van der Waals surface area contributed by atoms with Crippen LogP contribution in [0.5, 0.6) is 0 Å². The fourth-order valence-electron chi connectivity index (χ4n) is 2.46.